The summed E-state index contributed by atoms with van der Waals surface area (Å²) in [6, 6.07) is 9.63. The molecule has 0 aliphatic carbocycles. The molecule has 30 heavy (non-hydrogen) atoms. The van der Waals surface area contributed by atoms with Gasteiger partial charge in [0.1, 0.15) is 0 Å². The first kappa shape index (κ1) is 21.6. The molecule has 0 bridgehead atoms. The fourth-order valence-electron chi connectivity index (χ4n) is 4.10. The lowest BCUT2D eigenvalue weighted by Gasteiger charge is -2.12. The van der Waals surface area contributed by atoms with Crippen LogP contribution in [0.2, 0.25) is 0 Å². The molecule has 1 N–H and O–H groups in total. The van der Waals surface area contributed by atoms with Gasteiger partial charge in [-0.25, -0.2) is 13.9 Å². The maximum atomic E-state index is 13.0. The van der Waals surface area contributed by atoms with E-state index >= 15 is 0 Å². The molecule has 6 heteroatoms. The van der Waals surface area contributed by atoms with Crippen LogP contribution in [0.3, 0.4) is 0 Å². The van der Waals surface area contributed by atoms with Crippen LogP contribution in [0.1, 0.15) is 46.7 Å². The minimum atomic E-state index is -0.358. The zero-order valence-electron chi connectivity index (χ0n) is 18.6. The minimum absolute atomic E-state index is 0.102. The summed E-state index contributed by atoms with van der Waals surface area (Å²) in [5.74, 6) is 0.499. The van der Waals surface area contributed by atoms with E-state index in [0.717, 1.165) is 40.2 Å². The molecular formula is C24H30N3O3+. The molecule has 0 unspecified atom stereocenters. The lowest BCUT2D eigenvalue weighted by Crippen LogP contribution is -2.35. The highest BCUT2D eigenvalue weighted by Crippen LogP contribution is 2.23. The summed E-state index contributed by atoms with van der Waals surface area (Å²) in [6.07, 6.45) is 0. The summed E-state index contributed by atoms with van der Waals surface area (Å²) in [4.78, 5) is 25.2. The maximum Gasteiger partial charge on any atom is 0.338 e. The zero-order valence-corrected chi connectivity index (χ0v) is 18.6. The van der Waals surface area contributed by atoms with E-state index in [1.165, 1.54) is 5.56 Å². The number of hydrogen-bond donors (Lipinski definition) is 1. The second-order valence-electron chi connectivity index (χ2n) is 7.62. The first-order chi connectivity index (χ1) is 14.3. The Morgan fingerprint density at radius 3 is 2.30 bits per heavy atom. The van der Waals surface area contributed by atoms with Crippen molar-refractivity contribution in [1.82, 2.24) is 4.57 Å². The highest BCUT2D eigenvalue weighted by Gasteiger charge is 2.24. The number of imidazole rings is 1. The number of aromatic nitrogens is 2. The van der Waals surface area contributed by atoms with Gasteiger partial charge in [0.05, 0.1) is 18.7 Å². The third-order valence-corrected chi connectivity index (χ3v) is 5.41. The molecule has 0 radical (unpaired) electrons. The van der Waals surface area contributed by atoms with Gasteiger partial charge in [0.2, 0.25) is 0 Å². The van der Waals surface area contributed by atoms with Crippen molar-refractivity contribution in [1.29, 1.82) is 0 Å². The monoisotopic (exact) mass is 408 g/mol. The van der Waals surface area contributed by atoms with Gasteiger partial charge in [-0.3, -0.25) is 4.79 Å². The number of fused-ring (bicyclic) bond motifs is 1. The number of amides is 1. The molecule has 1 aromatic heterocycles. The molecule has 2 aromatic carbocycles. The molecule has 3 aromatic rings. The smallest absolute Gasteiger partial charge is 0.338 e. The van der Waals surface area contributed by atoms with Crippen LogP contribution in [-0.4, -0.2) is 23.1 Å². The average molecular weight is 409 g/mol. The van der Waals surface area contributed by atoms with Gasteiger partial charge in [0.25, 0.3) is 11.7 Å². The molecule has 158 valence electrons. The van der Waals surface area contributed by atoms with Crippen molar-refractivity contribution in [3.05, 3.63) is 58.4 Å². The third-order valence-electron chi connectivity index (χ3n) is 5.41. The van der Waals surface area contributed by atoms with E-state index in [1.807, 2.05) is 44.4 Å². The lowest BCUT2D eigenvalue weighted by atomic mass is 10.1. The second kappa shape index (κ2) is 8.69. The molecule has 6 nitrogen and oxygen atoms in total. The molecule has 0 aliphatic heterocycles. The summed E-state index contributed by atoms with van der Waals surface area (Å²) in [6.45, 7) is 13.1. The van der Waals surface area contributed by atoms with E-state index in [2.05, 4.69) is 28.9 Å². The maximum absolute atomic E-state index is 13.0. The molecular weight excluding hydrogens is 378 g/mol. The van der Waals surface area contributed by atoms with E-state index in [9.17, 15) is 9.59 Å². The summed E-state index contributed by atoms with van der Waals surface area (Å²) in [5.41, 5.74) is 6.43. The highest BCUT2D eigenvalue weighted by atomic mass is 16.5. The topological polar surface area (TPSA) is 64.2 Å². The van der Waals surface area contributed by atoms with Crippen molar-refractivity contribution in [2.75, 3.05) is 11.9 Å². The van der Waals surface area contributed by atoms with Crippen molar-refractivity contribution in [3.8, 4) is 0 Å². The number of aryl methyl sites for hydroxylation is 4. The van der Waals surface area contributed by atoms with Gasteiger partial charge >= 0.3 is 5.97 Å². The molecule has 0 spiro atoms. The number of benzene rings is 2. The van der Waals surface area contributed by atoms with Crippen LogP contribution in [0.4, 0.5) is 5.69 Å². The molecule has 0 aliphatic rings. The summed E-state index contributed by atoms with van der Waals surface area (Å²) >= 11 is 0. The van der Waals surface area contributed by atoms with Gasteiger partial charge in [-0.15, -0.1) is 0 Å². The Bertz CT molecular complexity index is 1110. The van der Waals surface area contributed by atoms with Gasteiger partial charge in [0, 0.05) is 18.7 Å². The predicted octanol–water partition coefficient (Wildman–Crippen LogP) is 4.00. The Morgan fingerprint density at radius 1 is 1.03 bits per heavy atom. The van der Waals surface area contributed by atoms with Crippen molar-refractivity contribution in [2.45, 2.75) is 54.6 Å². The quantitative estimate of drug-likeness (QED) is 0.495. The SMILES string of the molecule is CCOC(=O)c1ccc2c(c1)n(CC(=O)Nc1c(C)cc(C)cc1C)c(C)[n+]2CC. The van der Waals surface area contributed by atoms with Gasteiger partial charge in [-0.2, -0.15) is 0 Å². The van der Waals surface area contributed by atoms with Crippen molar-refractivity contribution < 1.29 is 18.9 Å². The average Bonchev–Trinajstić information content (AvgIpc) is 2.95. The van der Waals surface area contributed by atoms with Gasteiger partial charge < -0.3 is 10.1 Å². The van der Waals surface area contributed by atoms with Crippen LogP contribution >= 0.6 is 0 Å². The largest absolute Gasteiger partial charge is 0.462 e. The number of esters is 1. The molecule has 0 atom stereocenters. The Labute approximate surface area is 177 Å². The number of nitrogens with zero attached hydrogens (tertiary/aromatic N) is 2. The van der Waals surface area contributed by atoms with Crippen LogP contribution in [-0.2, 0) is 22.6 Å². The molecule has 1 amide bonds. The number of carbonyl (C=O) groups is 2. The highest BCUT2D eigenvalue weighted by molar-refractivity contribution is 5.95. The van der Waals surface area contributed by atoms with E-state index < -0.39 is 0 Å². The standard InChI is InChI=1S/C24H29N3O3/c1-7-26-18(6)27(21-13-19(9-10-20(21)26)24(29)30-8-2)14-22(28)25-23-16(4)11-15(3)12-17(23)5/h9-13H,7-8,14H2,1-6H3/p+1. The van der Waals surface area contributed by atoms with E-state index in [-0.39, 0.29) is 18.4 Å². The van der Waals surface area contributed by atoms with Gasteiger partial charge in [-0.05, 0) is 57.9 Å². The Balaban J connectivity index is 1.98. The Hall–Kier alpha value is -3.15. The Morgan fingerprint density at radius 2 is 1.70 bits per heavy atom. The van der Waals surface area contributed by atoms with E-state index in [4.69, 9.17) is 4.74 Å². The number of hydrogen-bond acceptors (Lipinski definition) is 3. The fraction of sp³-hybridized carbons (Fsp3) is 0.375. The second-order valence-corrected chi connectivity index (χ2v) is 7.62. The van der Waals surface area contributed by atoms with Crippen LogP contribution in [0.25, 0.3) is 11.0 Å². The molecule has 0 fully saturated rings. The third kappa shape index (κ3) is 4.08. The number of anilines is 1. The van der Waals surface area contributed by atoms with Crippen LogP contribution < -0.4 is 9.88 Å². The van der Waals surface area contributed by atoms with Crippen LogP contribution in [0.5, 0.6) is 0 Å². The van der Waals surface area contributed by atoms with Crippen LogP contribution in [0, 0.1) is 27.7 Å². The molecule has 1 heterocycles. The number of nitrogens with one attached hydrogen (secondary N) is 1. The summed E-state index contributed by atoms with van der Waals surface area (Å²) < 4.78 is 9.23. The Kier molecular flexibility index (Phi) is 6.25. The first-order valence-corrected chi connectivity index (χ1v) is 10.3. The van der Waals surface area contributed by atoms with Crippen molar-refractivity contribution in [2.24, 2.45) is 0 Å². The first-order valence-electron chi connectivity index (χ1n) is 10.3. The van der Waals surface area contributed by atoms with E-state index in [0.29, 0.717) is 12.2 Å². The molecule has 3 rings (SSSR count). The fourth-order valence-corrected chi connectivity index (χ4v) is 4.10. The van der Waals surface area contributed by atoms with Gasteiger partial charge in [0.15, 0.2) is 17.6 Å². The van der Waals surface area contributed by atoms with Crippen molar-refractivity contribution >= 4 is 28.6 Å². The summed E-state index contributed by atoms with van der Waals surface area (Å²) in [7, 11) is 0. The number of rotatable bonds is 6. The normalized spacial score (nSPS) is 11.0. The number of ether oxygens (including phenoxy) is 1. The summed E-state index contributed by atoms with van der Waals surface area (Å²) in [5, 5.41) is 3.07. The zero-order chi connectivity index (χ0) is 22.0. The molecule has 0 saturated carbocycles. The van der Waals surface area contributed by atoms with E-state index in [1.54, 1.807) is 13.0 Å². The van der Waals surface area contributed by atoms with Gasteiger partial charge in [-0.1, -0.05) is 17.7 Å². The predicted molar refractivity (Wildman–Crippen MR) is 118 cm³/mol. The van der Waals surface area contributed by atoms with Crippen molar-refractivity contribution in [3.63, 3.8) is 0 Å². The van der Waals surface area contributed by atoms with Crippen LogP contribution in [0.15, 0.2) is 30.3 Å². The lowest BCUT2D eigenvalue weighted by molar-refractivity contribution is -0.674. The number of carbonyl (C=O) groups excluding carboxylic acids is 2. The molecule has 0 saturated heterocycles. The minimum Gasteiger partial charge on any atom is -0.462 e.